The Labute approximate surface area is 111 Å². The van der Waals surface area contributed by atoms with E-state index < -0.39 is 0 Å². The molecule has 2 rings (SSSR count). The zero-order valence-electron chi connectivity index (χ0n) is 10.4. The molecule has 0 unspecified atom stereocenters. The zero-order chi connectivity index (χ0) is 13.1. The minimum Gasteiger partial charge on any atom is -0.394 e. The van der Waals surface area contributed by atoms with Crippen molar-refractivity contribution in [1.29, 1.82) is 0 Å². The largest absolute Gasteiger partial charge is 0.394 e. The predicted molar refractivity (Wildman–Crippen MR) is 74.7 cm³/mol. The molecule has 0 saturated heterocycles. The molecule has 0 amide bonds. The first kappa shape index (κ1) is 12.6. The molecule has 0 saturated carbocycles. The molecule has 1 aromatic carbocycles. The van der Waals surface area contributed by atoms with Crippen LogP contribution in [0.3, 0.4) is 0 Å². The molecule has 2 N–H and O–H groups in total. The normalized spacial score (nSPS) is 10.4. The van der Waals surface area contributed by atoms with Crippen LogP contribution in [0.15, 0.2) is 30.5 Å². The van der Waals surface area contributed by atoms with Crippen LogP contribution in [0, 0.1) is 6.92 Å². The van der Waals surface area contributed by atoms with Crippen molar-refractivity contribution in [3.63, 3.8) is 0 Å². The van der Waals surface area contributed by atoms with Gasteiger partial charge in [-0.2, -0.15) is 4.98 Å². The Hall–Kier alpha value is -1.81. The molecule has 0 aliphatic carbocycles. The number of hydrogen-bond acceptors (Lipinski definition) is 4. The van der Waals surface area contributed by atoms with Crippen LogP contribution < -0.4 is 10.6 Å². The van der Waals surface area contributed by atoms with Gasteiger partial charge in [0.25, 0.3) is 0 Å². The van der Waals surface area contributed by atoms with E-state index in [2.05, 4.69) is 29.0 Å². The van der Waals surface area contributed by atoms with Crippen molar-refractivity contribution in [3.05, 3.63) is 46.9 Å². The van der Waals surface area contributed by atoms with E-state index in [1.54, 1.807) is 0 Å². The van der Waals surface area contributed by atoms with Crippen LogP contribution in [0.2, 0.25) is 5.28 Å². The number of nitrogens with zero attached hydrogens (tertiary/aromatic N) is 3. The number of halogens is 1. The summed E-state index contributed by atoms with van der Waals surface area (Å²) in [5.74, 6) is 0.651. The van der Waals surface area contributed by atoms with Gasteiger partial charge in [0.1, 0.15) is 0 Å². The summed E-state index contributed by atoms with van der Waals surface area (Å²) in [5.41, 5.74) is 8.85. The van der Waals surface area contributed by atoms with Gasteiger partial charge in [-0.05, 0) is 29.7 Å². The Kier molecular flexibility index (Phi) is 3.67. The predicted octanol–water partition coefficient (Wildman–Crippen LogP) is 2.66. The summed E-state index contributed by atoms with van der Waals surface area (Å²) in [5, 5.41) is 0.204. The smallest absolute Gasteiger partial charge is 0.224 e. The highest BCUT2D eigenvalue weighted by molar-refractivity contribution is 6.28. The summed E-state index contributed by atoms with van der Waals surface area (Å²) in [6.07, 6.45) is 1.53. The van der Waals surface area contributed by atoms with Gasteiger partial charge in [0.15, 0.2) is 5.82 Å². The Balaban J connectivity index is 2.25. The average Bonchev–Trinajstić information content (AvgIpc) is 2.35. The molecule has 2 aromatic rings. The molecular formula is C13H15ClN4. The number of rotatable bonds is 3. The van der Waals surface area contributed by atoms with Crippen LogP contribution in [0.4, 0.5) is 11.5 Å². The van der Waals surface area contributed by atoms with Crippen molar-refractivity contribution in [2.45, 2.75) is 13.5 Å². The first-order valence-corrected chi connectivity index (χ1v) is 5.99. The molecule has 0 aliphatic rings. The van der Waals surface area contributed by atoms with Crippen LogP contribution in [0.5, 0.6) is 0 Å². The maximum Gasteiger partial charge on any atom is 0.224 e. The molecule has 1 heterocycles. The van der Waals surface area contributed by atoms with Crippen molar-refractivity contribution in [3.8, 4) is 0 Å². The Bertz CT molecular complexity index is 556. The maximum atomic E-state index is 5.86. The summed E-state index contributed by atoms with van der Waals surface area (Å²) >= 11 is 5.79. The van der Waals surface area contributed by atoms with Crippen molar-refractivity contribution in [2.75, 3.05) is 17.7 Å². The van der Waals surface area contributed by atoms with E-state index in [4.69, 9.17) is 17.3 Å². The van der Waals surface area contributed by atoms with Gasteiger partial charge in [0.05, 0.1) is 11.9 Å². The number of hydrogen-bond donors (Lipinski definition) is 1. The Morgan fingerprint density at radius 1 is 1.33 bits per heavy atom. The van der Waals surface area contributed by atoms with Gasteiger partial charge >= 0.3 is 0 Å². The summed E-state index contributed by atoms with van der Waals surface area (Å²) in [6, 6.07) is 8.21. The Morgan fingerprint density at radius 3 is 2.78 bits per heavy atom. The number of aryl methyl sites for hydroxylation is 1. The molecule has 0 aliphatic heterocycles. The lowest BCUT2D eigenvalue weighted by Gasteiger charge is -2.20. The molecular weight excluding hydrogens is 248 g/mol. The molecule has 0 bridgehead atoms. The van der Waals surface area contributed by atoms with Gasteiger partial charge in [-0.15, -0.1) is 0 Å². The van der Waals surface area contributed by atoms with Crippen LogP contribution >= 0.6 is 11.6 Å². The summed E-state index contributed by atoms with van der Waals surface area (Å²) < 4.78 is 0. The van der Waals surface area contributed by atoms with E-state index in [-0.39, 0.29) is 5.28 Å². The van der Waals surface area contributed by atoms with Crippen LogP contribution in [0.1, 0.15) is 11.1 Å². The molecule has 1 aromatic heterocycles. The highest BCUT2D eigenvalue weighted by Crippen LogP contribution is 2.22. The molecule has 0 fully saturated rings. The standard InChI is InChI=1S/C13H15ClN4/c1-9-5-3-4-6-10(9)8-18(2)12-11(15)7-16-13(14)17-12/h3-7H,8,15H2,1-2H3. The van der Waals surface area contributed by atoms with E-state index in [1.807, 2.05) is 24.1 Å². The monoisotopic (exact) mass is 262 g/mol. The minimum atomic E-state index is 0.204. The lowest BCUT2D eigenvalue weighted by molar-refractivity contribution is 0.887. The quantitative estimate of drug-likeness (QED) is 0.864. The first-order chi connectivity index (χ1) is 8.58. The molecule has 5 heteroatoms. The third-order valence-electron chi connectivity index (χ3n) is 2.80. The van der Waals surface area contributed by atoms with E-state index in [0.29, 0.717) is 11.5 Å². The second-order valence-corrected chi connectivity index (χ2v) is 4.54. The van der Waals surface area contributed by atoms with Gasteiger partial charge < -0.3 is 10.6 Å². The third kappa shape index (κ3) is 2.71. The number of aromatic nitrogens is 2. The zero-order valence-corrected chi connectivity index (χ0v) is 11.1. The number of nitrogens with two attached hydrogens (primary N) is 1. The van der Waals surface area contributed by atoms with Crippen molar-refractivity contribution < 1.29 is 0 Å². The van der Waals surface area contributed by atoms with Crippen molar-refractivity contribution in [2.24, 2.45) is 0 Å². The number of benzene rings is 1. The summed E-state index contributed by atoms with van der Waals surface area (Å²) in [4.78, 5) is 9.97. The second kappa shape index (κ2) is 5.23. The lowest BCUT2D eigenvalue weighted by atomic mass is 10.1. The molecule has 0 spiro atoms. The van der Waals surface area contributed by atoms with Crippen LogP contribution in [-0.2, 0) is 6.54 Å². The summed E-state index contributed by atoms with van der Waals surface area (Å²) in [6.45, 7) is 2.81. The SMILES string of the molecule is Cc1ccccc1CN(C)c1nc(Cl)ncc1N. The lowest BCUT2D eigenvalue weighted by Crippen LogP contribution is -2.20. The van der Waals surface area contributed by atoms with Gasteiger partial charge in [0.2, 0.25) is 5.28 Å². The minimum absolute atomic E-state index is 0.204. The molecule has 4 nitrogen and oxygen atoms in total. The summed E-state index contributed by atoms with van der Waals surface area (Å²) in [7, 11) is 1.93. The van der Waals surface area contributed by atoms with Crippen molar-refractivity contribution >= 4 is 23.1 Å². The van der Waals surface area contributed by atoms with Crippen LogP contribution in [0.25, 0.3) is 0 Å². The highest BCUT2D eigenvalue weighted by atomic mass is 35.5. The fourth-order valence-corrected chi connectivity index (χ4v) is 1.91. The topological polar surface area (TPSA) is 55.0 Å². The fourth-order valence-electron chi connectivity index (χ4n) is 1.78. The van der Waals surface area contributed by atoms with E-state index in [1.165, 1.54) is 17.3 Å². The van der Waals surface area contributed by atoms with E-state index >= 15 is 0 Å². The van der Waals surface area contributed by atoms with E-state index in [0.717, 1.165) is 6.54 Å². The van der Waals surface area contributed by atoms with Crippen molar-refractivity contribution in [1.82, 2.24) is 9.97 Å². The molecule has 94 valence electrons. The van der Waals surface area contributed by atoms with Gasteiger partial charge in [-0.1, -0.05) is 24.3 Å². The third-order valence-corrected chi connectivity index (χ3v) is 2.98. The van der Waals surface area contributed by atoms with Crippen LogP contribution in [-0.4, -0.2) is 17.0 Å². The first-order valence-electron chi connectivity index (χ1n) is 5.61. The highest BCUT2D eigenvalue weighted by Gasteiger charge is 2.10. The molecule has 18 heavy (non-hydrogen) atoms. The average molecular weight is 263 g/mol. The van der Waals surface area contributed by atoms with Gasteiger partial charge in [-0.25, -0.2) is 4.98 Å². The number of anilines is 2. The van der Waals surface area contributed by atoms with Gasteiger partial charge in [-0.3, -0.25) is 0 Å². The Morgan fingerprint density at radius 2 is 2.06 bits per heavy atom. The number of nitrogen functional groups attached to an aromatic ring is 1. The van der Waals surface area contributed by atoms with E-state index in [9.17, 15) is 0 Å². The second-order valence-electron chi connectivity index (χ2n) is 4.20. The maximum absolute atomic E-state index is 5.86. The molecule has 0 radical (unpaired) electrons. The van der Waals surface area contributed by atoms with Gasteiger partial charge in [0, 0.05) is 13.6 Å². The fraction of sp³-hybridized carbons (Fsp3) is 0.231. The molecule has 0 atom stereocenters.